The number of sulfonamides is 1. The van der Waals surface area contributed by atoms with Crippen molar-refractivity contribution in [2.45, 2.75) is 19.8 Å². The number of nitrogens with one attached hydrogen (secondary N) is 1. The van der Waals surface area contributed by atoms with Gasteiger partial charge in [0, 0.05) is 16.1 Å². The molecule has 1 aliphatic rings. The number of amides is 1. The first kappa shape index (κ1) is 19.7. The molecule has 29 heavy (non-hydrogen) atoms. The fourth-order valence-corrected chi connectivity index (χ4v) is 4.98. The summed E-state index contributed by atoms with van der Waals surface area (Å²) >= 11 is 6.06. The Labute approximate surface area is 175 Å². The molecule has 5 nitrogen and oxygen atoms in total. The van der Waals surface area contributed by atoms with Gasteiger partial charge in [-0.15, -0.1) is 0 Å². The van der Waals surface area contributed by atoms with Crippen LogP contribution in [0.4, 0.5) is 11.4 Å². The summed E-state index contributed by atoms with van der Waals surface area (Å²) in [6.07, 6.45) is 3.08. The molecule has 0 saturated heterocycles. The van der Waals surface area contributed by atoms with Gasteiger partial charge in [-0.3, -0.25) is 9.10 Å². The van der Waals surface area contributed by atoms with Crippen molar-refractivity contribution < 1.29 is 13.2 Å². The lowest BCUT2D eigenvalue weighted by Crippen LogP contribution is -2.37. The molecule has 1 amide bonds. The number of rotatable bonds is 5. The number of hydrogen-bond acceptors (Lipinski definition) is 3. The van der Waals surface area contributed by atoms with E-state index >= 15 is 0 Å². The Bertz CT molecular complexity index is 1230. The minimum absolute atomic E-state index is 0.330. The molecule has 1 N–H and O–H groups in total. The molecule has 150 valence electrons. The van der Waals surface area contributed by atoms with Crippen molar-refractivity contribution in [1.29, 1.82) is 0 Å². The highest BCUT2D eigenvalue weighted by Crippen LogP contribution is 2.35. The molecule has 4 rings (SSSR count). The Morgan fingerprint density at radius 2 is 1.83 bits per heavy atom. The normalized spacial score (nSPS) is 12.9. The molecule has 0 aliphatic heterocycles. The van der Waals surface area contributed by atoms with Crippen LogP contribution in [-0.2, 0) is 27.7 Å². The van der Waals surface area contributed by atoms with E-state index in [2.05, 4.69) is 11.4 Å². The van der Waals surface area contributed by atoms with Crippen LogP contribution in [0.25, 0.3) is 10.8 Å². The fraction of sp³-hybridized carbons (Fsp3) is 0.227. The SMILES string of the molecule is Cc1ccc(Cl)cc1N(CC(=O)Nc1ccc2c3c(cccc13)CC2)S(C)(=O)=O. The molecule has 3 aromatic carbocycles. The molecule has 0 atom stereocenters. The topological polar surface area (TPSA) is 66.5 Å². The summed E-state index contributed by atoms with van der Waals surface area (Å²) in [4.78, 5) is 12.8. The first-order valence-corrected chi connectivity index (χ1v) is 11.5. The summed E-state index contributed by atoms with van der Waals surface area (Å²) in [7, 11) is -3.68. The Hall–Kier alpha value is -2.57. The number of hydrogen-bond donors (Lipinski definition) is 1. The van der Waals surface area contributed by atoms with Crippen LogP contribution in [0.1, 0.15) is 16.7 Å². The Balaban J connectivity index is 1.65. The summed E-state index contributed by atoms with van der Waals surface area (Å²) in [5.74, 6) is -0.409. The molecule has 0 aromatic heterocycles. The van der Waals surface area contributed by atoms with E-state index in [-0.39, 0.29) is 6.54 Å². The second-order valence-corrected chi connectivity index (χ2v) is 9.70. The molecule has 1 aliphatic carbocycles. The lowest BCUT2D eigenvalue weighted by Gasteiger charge is -2.24. The van der Waals surface area contributed by atoms with Gasteiger partial charge in [-0.25, -0.2) is 8.42 Å². The van der Waals surface area contributed by atoms with Crippen LogP contribution in [0.5, 0.6) is 0 Å². The standard InChI is InChI=1S/C22H21ClN2O3S/c1-14-6-10-17(23)12-20(14)25(29(2,27)28)13-21(26)24-19-11-9-16-8-7-15-4-3-5-18(19)22(15)16/h3-6,9-12H,7-8,13H2,1-2H3,(H,24,26). The van der Waals surface area contributed by atoms with Gasteiger partial charge < -0.3 is 5.32 Å². The molecule has 0 unspecified atom stereocenters. The monoisotopic (exact) mass is 428 g/mol. The van der Waals surface area contributed by atoms with E-state index in [1.165, 1.54) is 16.5 Å². The lowest BCUT2D eigenvalue weighted by molar-refractivity contribution is -0.114. The maximum Gasteiger partial charge on any atom is 0.245 e. The van der Waals surface area contributed by atoms with Crippen molar-refractivity contribution in [3.63, 3.8) is 0 Å². The lowest BCUT2D eigenvalue weighted by atomic mass is 10.0. The summed E-state index contributed by atoms with van der Waals surface area (Å²) < 4.78 is 25.9. The van der Waals surface area contributed by atoms with Crippen molar-refractivity contribution in [1.82, 2.24) is 0 Å². The second kappa shape index (κ2) is 7.35. The van der Waals surface area contributed by atoms with Gasteiger partial charge in [0.05, 0.1) is 11.9 Å². The Morgan fingerprint density at radius 3 is 2.55 bits per heavy atom. The highest BCUT2D eigenvalue weighted by molar-refractivity contribution is 7.92. The van der Waals surface area contributed by atoms with Crippen LogP contribution >= 0.6 is 11.6 Å². The maximum absolute atomic E-state index is 12.8. The molecule has 0 radical (unpaired) electrons. The van der Waals surface area contributed by atoms with Crippen LogP contribution in [0.15, 0.2) is 48.5 Å². The molecule has 3 aromatic rings. The third-order valence-electron chi connectivity index (χ3n) is 5.28. The number of benzene rings is 3. The van der Waals surface area contributed by atoms with Crippen molar-refractivity contribution in [3.8, 4) is 0 Å². The fourth-order valence-electron chi connectivity index (χ4n) is 3.91. The van der Waals surface area contributed by atoms with Crippen molar-refractivity contribution in [3.05, 3.63) is 70.2 Å². The van der Waals surface area contributed by atoms with E-state index in [0.717, 1.165) is 34.4 Å². The highest BCUT2D eigenvalue weighted by atomic mass is 35.5. The van der Waals surface area contributed by atoms with Crippen LogP contribution in [0, 0.1) is 6.92 Å². The number of anilines is 2. The van der Waals surface area contributed by atoms with Crippen molar-refractivity contribution in [2.75, 3.05) is 22.4 Å². The maximum atomic E-state index is 12.8. The van der Waals surface area contributed by atoms with Crippen LogP contribution < -0.4 is 9.62 Å². The molecule has 0 saturated carbocycles. The molecule has 7 heteroatoms. The quantitative estimate of drug-likeness (QED) is 0.658. The summed E-state index contributed by atoms with van der Waals surface area (Å²) in [6, 6.07) is 15.0. The largest absolute Gasteiger partial charge is 0.324 e. The van der Waals surface area contributed by atoms with Gasteiger partial charge in [-0.1, -0.05) is 41.9 Å². The van der Waals surface area contributed by atoms with Gasteiger partial charge in [0.1, 0.15) is 6.54 Å². The predicted octanol–water partition coefficient (Wildman–Crippen LogP) is 4.30. The number of halogens is 1. The second-order valence-electron chi connectivity index (χ2n) is 7.36. The van der Waals surface area contributed by atoms with E-state index in [4.69, 9.17) is 11.6 Å². The summed E-state index contributed by atoms with van der Waals surface area (Å²) in [5.41, 5.74) is 4.36. The summed E-state index contributed by atoms with van der Waals surface area (Å²) in [5, 5.41) is 5.48. The first-order valence-electron chi connectivity index (χ1n) is 9.31. The van der Waals surface area contributed by atoms with E-state index in [1.807, 2.05) is 24.3 Å². The molecular weight excluding hydrogens is 408 g/mol. The third-order valence-corrected chi connectivity index (χ3v) is 6.64. The number of carbonyl (C=O) groups is 1. The van der Waals surface area contributed by atoms with E-state index in [9.17, 15) is 13.2 Å². The molecule has 0 spiro atoms. The first-order chi connectivity index (χ1) is 13.7. The zero-order valence-corrected chi connectivity index (χ0v) is 17.8. The zero-order chi connectivity index (χ0) is 20.8. The van der Waals surface area contributed by atoms with E-state index in [1.54, 1.807) is 25.1 Å². The van der Waals surface area contributed by atoms with Gasteiger partial charge in [-0.2, -0.15) is 0 Å². The number of aryl methyl sites for hydroxylation is 3. The van der Waals surface area contributed by atoms with E-state index in [0.29, 0.717) is 16.4 Å². The predicted molar refractivity (Wildman–Crippen MR) is 118 cm³/mol. The molecule has 0 fully saturated rings. The molecular formula is C22H21ClN2O3S. The van der Waals surface area contributed by atoms with Gasteiger partial charge in [0.2, 0.25) is 15.9 Å². The van der Waals surface area contributed by atoms with Gasteiger partial charge in [0.15, 0.2) is 0 Å². The van der Waals surface area contributed by atoms with E-state index < -0.39 is 15.9 Å². The molecule has 0 bridgehead atoms. The minimum atomic E-state index is -3.68. The van der Waals surface area contributed by atoms with Crippen LogP contribution in [0.2, 0.25) is 5.02 Å². The minimum Gasteiger partial charge on any atom is -0.324 e. The van der Waals surface area contributed by atoms with Crippen LogP contribution in [0.3, 0.4) is 0 Å². The Morgan fingerprint density at radius 1 is 1.10 bits per heavy atom. The summed E-state index contributed by atoms with van der Waals surface area (Å²) in [6.45, 7) is 1.45. The van der Waals surface area contributed by atoms with Crippen molar-refractivity contribution in [2.24, 2.45) is 0 Å². The number of carbonyl (C=O) groups excluding carboxylic acids is 1. The molecule has 0 heterocycles. The van der Waals surface area contributed by atoms with Crippen LogP contribution in [-0.4, -0.2) is 27.1 Å². The third kappa shape index (κ3) is 3.82. The Kier molecular flexibility index (Phi) is 5.00. The van der Waals surface area contributed by atoms with Gasteiger partial charge >= 0.3 is 0 Å². The van der Waals surface area contributed by atoms with Crippen molar-refractivity contribution >= 4 is 49.7 Å². The van der Waals surface area contributed by atoms with Gasteiger partial charge in [-0.05, 0) is 60.0 Å². The average molecular weight is 429 g/mol. The smallest absolute Gasteiger partial charge is 0.245 e. The number of nitrogens with zero attached hydrogens (tertiary/aromatic N) is 1. The van der Waals surface area contributed by atoms with Gasteiger partial charge in [0.25, 0.3) is 0 Å². The highest BCUT2D eigenvalue weighted by Gasteiger charge is 2.23. The zero-order valence-electron chi connectivity index (χ0n) is 16.2. The average Bonchev–Trinajstić information content (AvgIpc) is 3.08.